The van der Waals surface area contributed by atoms with Crippen LogP contribution in [-0.2, 0) is 17.7 Å². The molecule has 0 radical (unpaired) electrons. The fourth-order valence-corrected chi connectivity index (χ4v) is 1.64. The van der Waals surface area contributed by atoms with E-state index in [1.807, 2.05) is 0 Å². The minimum absolute atomic E-state index is 0.125. The number of carboxylic acids is 1. The molecule has 0 saturated carbocycles. The summed E-state index contributed by atoms with van der Waals surface area (Å²) >= 11 is 0. The Hall–Kier alpha value is -2.33. The number of hydrogen-bond acceptors (Lipinski definition) is 5. The second kappa shape index (κ2) is 6.84. The molecule has 0 aliphatic heterocycles. The highest BCUT2D eigenvalue weighted by molar-refractivity contribution is 5.86. The first-order valence-electron chi connectivity index (χ1n) is 6.58. The third-order valence-corrected chi connectivity index (χ3v) is 2.40. The van der Waals surface area contributed by atoms with Gasteiger partial charge >= 0.3 is 18.2 Å². The summed E-state index contributed by atoms with van der Waals surface area (Å²) < 4.78 is 42.7. The molecule has 1 aromatic heterocycles. The SMILES string of the molecule is CC(C)(C)OC(=O)NCCc1c(C(=O)O)nnn1CC(F)(F)F. The Morgan fingerprint density at radius 1 is 1.30 bits per heavy atom. The molecule has 1 heterocycles. The second-order valence-corrected chi connectivity index (χ2v) is 5.64. The van der Waals surface area contributed by atoms with Gasteiger partial charge in [0.2, 0.25) is 0 Å². The number of nitrogens with one attached hydrogen (secondary N) is 1. The Morgan fingerprint density at radius 2 is 1.91 bits per heavy atom. The quantitative estimate of drug-likeness (QED) is 0.845. The Morgan fingerprint density at radius 3 is 2.39 bits per heavy atom. The van der Waals surface area contributed by atoms with Crippen molar-refractivity contribution in [3.8, 4) is 0 Å². The van der Waals surface area contributed by atoms with Gasteiger partial charge in [-0.2, -0.15) is 13.2 Å². The van der Waals surface area contributed by atoms with Crippen LogP contribution in [0.5, 0.6) is 0 Å². The molecule has 0 saturated heterocycles. The van der Waals surface area contributed by atoms with Gasteiger partial charge in [0, 0.05) is 13.0 Å². The summed E-state index contributed by atoms with van der Waals surface area (Å²) in [4.78, 5) is 22.4. The molecule has 0 spiro atoms. The highest BCUT2D eigenvalue weighted by atomic mass is 19.4. The van der Waals surface area contributed by atoms with Crippen LogP contribution in [0.25, 0.3) is 0 Å². The lowest BCUT2D eigenvalue weighted by Gasteiger charge is -2.19. The van der Waals surface area contributed by atoms with Crippen LogP contribution in [-0.4, -0.2) is 50.5 Å². The lowest BCUT2D eigenvalue weighted by Crippen LogP contribution is -2.34. The molecule has 0 atom stereocenters. The summed E-state index contributed by atoms with van der Waals surface area (Å²) in [6.45, 7) is 3.36. The normalized spacial score (nSPS) is 12.1. The first kappa shape index (κ1) is 18.7. The number of carbonyl (C=O) groups is 2. The maximum atomic E-state index is 12.4. The molecule has 0 unspecified atom stereocenters. The van der Waals surface area contributed by atoms with Gasteiger partial charge in [-0.05, 0) is 20.8 Å². The predicted molar refractivity (Wildman–Crippen MR) is 71.0 cm³/mol. The molecule has 0 fully saturated rings. The number of carboxylic acid groups (broad SMARTS) is 1. The van der Waals surface area contributed by atoms with Crippen molar-refractivity contribution in [3.05, 3.63) is 11.4 Å². The average Bonchev–Trinajstić information content (AvgIpc) is 2.67. The molecule has 1 rings (SSSR count). The van der Waals surface area contributed by atoms with Crippen molar-refractivity contribution in [2.24, 2.45) is 0 Å². The molecule has 8 nitrogen and oxygen atoms in total. The Kier molecular flexibility index (Phi) is 5.56. The van der Waals surface area contributed by atoms with Crippen molar-refractivity contribution < 1.29 is 32.6 Å². The monoisotopic (exact) mass is 338 g/mol. The molecule has 130 valence electrons. The zero-order valence-corrected chi connectivity index (χ0v) is 12.8. The van der Waals surface area contributed by atoms with Crippen molar-refractivity contribution in [2.45, 2.75) is 45.5 Å². The molecular weight excluding hydrogens is 321 g/mol. The molecule has 1 amide bonds. The minimum atomic E-state index is -4.57. The molecule has 23 heavy (non-hydrogen) atoms. The summed E-state index contributed by atoms with van der Waals surface area (Å²) in [5.41, 5.74) is -1.54. The van der Waals surface area contributed by atoms with Crippen molar-refractivity contribution in [3.63, 3.8) is 0 Å². The third-order valence-electron chi connectivity index (χ3n) is 2.40. The van der Waals surface area contributed by atoms with Gasteiger partial charge in [-0.15, -0.1) is 5.10 Å². The van der Waals surface area contributed by atoms with Crippen LogP contribution in [0.4, 0.5) is 18.0 Å². The smallest absolute Gasteiger partial charge is 0.408 e. The molecule has 0 bridgehead atoms. The van der Waals surface area contributed by atoms with Gasteiger partial charge in [0.05, 0.1) is 5.69 Å². The van der Waals surface area contributed by atoms with Crippen LogP contribution >= 0.6 is 0 Å². The Balaban J connectivity index is 2.76. The average molecular weight is 338 g/mol. The molecule has 0 aromatic carbocycles. The third kappa shape index (κ3) is 6.53. The second-order valence-electron chi connectivity index (χ2n) is 5.64. The van der Waals surface area contributed by atoms with Crippen LogP contribution in [0, 0.1) is 0 Å². The van der Waals surface area contributed by atoms with E-state index in [-0.39, 0.29) is 18.7 Å². The lowest BCUT2D eigenvalue weighted by atomic mass is 10.2. The van der Waals surface area contributed by atoms with E-state index in [1.165, 1.54) is 0 Å². The van der Waals surface area contributed by atoms with Crippen molar-refractivity contribution >= 4 is 12.1 Å². The van der Waals surface area contributed by atoms with E-state index in [1.54, 1.807) is 20.8 Å². The minimum Gasteiger partial charge on any atom is -0.476 e. The number of rotatable bonds is 5. The summed E-state index contributed by atoms with van der Waals surface area (Å²) in [6.07, 6.45) is -5.52. The molecule has 2 N–H and O–H groups in total. The number of aromatic nitrogens is 3. The summed E-state index contributed by atoms with van der Waals surface area (Å²) in [5, 5.41) is 17.7. The lowest BCUT2D eigenvalue weighted by molar-refractivity contribution is -0.143. The number of halogens is 3. The highest BCUT2D eigenvalue weighted by Gasteiger charge is 2.31. The van der Waals surface area contributed by atoms with Crippen LogP contribution < -0.4 is 5.32 Å². The zero-order valence-electron chi connectivity index (χ0n) is 12.8. The fraction of sp³-hybridized carbons (Fsp3) is 0.667. The van der Waals surface area contributed by atoms with Crippen LogP contribution in [0.3, 0.4) is 0 Å². The van der Waals surface area contributed by atoms with Crippen LogP contribution in [0.2, 0.25) is 0 Å². The number of carbonyl (C=O) groups excluding carboxylic acids is 1. The van der Waals surface area contributed by atoms with Gasteiger partial charge in [0.25, 0.3) is 0 Å². The number of amides is 1. The maximum Gasteiger partial charge on any atom is 0.408 e. The standard InChI is InChI=1S/C12H17F3N4O4/c1-11(2,3)23-10(22)16-5-4-7-8(9(20)21)17-18-19(7)6-12(13,14)15/h4-6H2,1-3H3,(H,16,22)(H,20,21). The number of aromatic carboxylic acids is 1. The number of ether oxygens (including phenoxy) is 1. The largest absolute Gasteiger partial charge is 0.476 e. The maximum absolute atomic E-state index is 12.4. The number of hydrogen-bond donors (Lipinski definition) is 2. The van der Waals surface area contributed by atoms with E-state index >= 15 is 0 Å². The van der Waals surface area contributed by atoms with Crippen molar-refractivity contribution in [2.75, 3.05) is 6.54 Å². The van der Waals surface area contributed by atoms with Crippen LogP contribution in [0.1, 0.15) is 37.0 Å². The topological polar surface area (TPSA) is 106 Å². The molecular formula is C12H17F3N4O4. The van der Waals surface area contributed by atoms with Gasteiger partial charge in [-0.25, -0.2) is 14.3 Å². The van der Waals surface area contributed by atoms with Gasteiger partial charge in [-0.3, -0.25) is 0 Å². The Bertz CT molecular complexity index is 578. The molecule has 0 aliphatic rings. The molecule has 1 aromatic rings. The van der Waals surface area contributed by atoms with Crippen molar-refractivity contribution in [1.82, 2.24) is 20.3 Å². The Labute approximate surface area is 129 Å². The molecule has 0 aliphatic carbocycles. The number of alkyl halides is 3. The van der Waals surface area contributed by atoms with Gasteiger partial charge in [0.15, 0.2) is 5.69 Å². The molecule has 11 heteroatoms. The predicted octanol–water partition coefficient (Wildman–Crippen LogP) is 1.61. The summed E-state index contributed by atoms with van der Waals surface area (Å²) in [7, 11) is 0. The van der Waals surface area contributed by atoms with Gasteiger partial charge in [0.1, 0.15) is 12.1 Å². The number of alkyl carbamates (subject to hydrolysis) is 1. The summed E-state index contributed by atoms with van der Waals surface area (Å²) in [5.74, 6) is -1.49. The highest BCUT2D eigenvalue weighted by Crippen LogP contribution is 2.19. The van der Waals surface area contributed by atoms with Gasteiger partial charge < -0.3 is 15.2 Å². The van der Waals surface area contributed by atoms with E-state index < -0.39 is 36.1 Å². The van der Waals surface area contributed by atoms with Crippen LogP contribution in [0.15, 0.2) is 0 Å². The first-order chi connectivity index (χ1) is 10.4. The fourth-order valence-electron chi connectivity index (χ4n) is 1.64. The summed E-state index contributed by atoms with van der Waals surface area (Å²) in [6, 6.07) is 0. The van der Waals surface area contributed by atoms with E-state index in [0.29, 0.717) is 4.68 Å². The first-order valence-corrected chi connectivity index (χ1v) is 6.58. The van der Waals surface area contributed by atoms with E-state index in [2.05, 4.69) is 15.6 Å². The van der Waals surface area contributed by atoms with Crippen molar-refractivity contribution in [1.29, 1.82) is 0 Å². The van der Waals surface area contributed by atoms with E-state index in [9.17, 15) is 22.8 Å². The number of nitrogens with zero attached hydrogens (tertiary/aromatic N) is 3. The van der Waals surface area contributed by atoms with E-state index in [0.717, 1.165) is 0 Å². The van der Waals surface area contributed by atoms with E-state index in [4.69, 9.17) is 9.84 Å². The van der Waals surface area contributed by atoms with Gasteiger partial charge in [-0.1, -0.05) is 5.21 Å². The zero-order chi connectivity index (χ0) is 17.8.